The smallest absolute Gasteiger partial charge is 0.254 e. The van der Waals surface area contributed by atoms with Gasteiger partial charge in [-0.3, -0.25) is 14.6 Å². The molecule has 28 heavy (non-hydrogen) atoms. The molecule has 2 aromatic carbocycles. The van der Waals surface area contributed by atoms with Crippen molar-refractivity contribution in [3.8, 4) is 0 Å². The van der Waals surface area contributed by atoms with Crippen molar-refractivity contribution in [1.82, 2.24) is 15.2 Å². The summed E-state index contributed by atoms with van der Waals surface area (Å²) < 4.78 is 0. The number of para-hydroxylation sites is 1. The van der Waals surface area contributed by atoms with Crippen molar-refractivity contribution in [1.29, 1.82) is 0 Å². The van der Waals surface area contributed by atoms with E-state index < -0.39 is 0 Å². The van der Waals surface area contributed by atoms with E-state index in [1.165, 1.54) is 0 Å². The highest BCUT2D eigenvalue weighted by atomic mass is 16.2. The van der Waals surface area contributed by atoms with Crippen LogP contribution in [0.4, 0.5) is 0 Å². The molecule has 1 N–H and O–H groups in total. The maximum absolute atomic E-state index is 13.1. The first kappa shape index (κ1) is 18.2. The third-order valence-electron chi connectivity index (χ3n) is 5.23. The number of likely N-dealkylation sites (tertiary alicyclic amines) is 1. The van der Waals surface area contributed by atoms with Crippen LogP contribution in [0.25, 0.3) is 10.9 Å². The number of amides is 2. The van der Waals surface area contributed by atoms with Gasteiger partial charge in [0.1, 0.15) is 0 Å². The van der Waals surface area contributed by atoms with Gasteiger partial charge in [0.15, 0.2) is 0 Å². The number of hydrogen-bond acceptors (Lipinski definition) is 3. The van der Waals surface area contributed by atoms with Crippen LogP contribution in [0.1, 0.15) is 39.3 Å². The van der Waals surface area contributed by atoms with Gasteiger partial charge < -0.3 is 10.2 Å². The number of nitrogens with one attached hydrogen (secondary N) is 1. The summed E-state index contributed by atoms with van der Waals surface area (Å²) in [6, 6.07) is 18.9. The van der Waals surface area contributed by atoms with E-state index in [-0.39, 0.29) is 17.9 Å². The second-order valence-corrected chi connectivity index (χ2v) is 7.23. The number of pyridine rings is 1. The van der Waals surface area contributed by atoms with Gasteiger partial charge in [-0.15, -0.1) is 0 Å². The maximum atomic E-state index is 13.1. The Balaban J connectivity index is 1.43. The molecule has 5 heteroatoms. The highest BCUT2D eigenvalue weighted by Crippen LogP contribution is 2.22. The Bertz CT molecular complexity index is 1010. The molecule has 1 fully saturated rings. The molecule has 0 spiro atoms. The van der Waals surface area contributed by atoms with Gasteiger partial charge in [-0.1, -0.05) is 36.4 Å². The molecule has 5 nitrogen and oxygen atoms in total. The minimum absolute atomic E-state index is 0.0366. The van der Waals surface area contributed by atoms with Crippen LogP contribution in [-0.2, 0) is 0 Å². The molecule has 3 aromatic rings. The normalized spacial score (nSPS) is 14.8. The van der Waals surface area contributed by atoms with Gasteiger partial charge in [-0.25, -0.2) is 0 Å². The van der Waals surface area contributed by atoms with Crippen molar-refractivity contribution in [2.24, 2.45) is 0 Å². The van der Waals surface area contributed by atoms with E-state index in [9.17, 15) is 9.59 Å². The van der Waals surface area contributed by atoms with Gasteiger partial charge in [0.05, 0.1) is 11.1 Å². The number of carbonyl (C=O) groups is 2. The van der Waals surface area contributed by atoms with Crippen molar-refractivity contribution in [2.45, 2.75) is 25.8 Å². The van der Waals surface area contributed by atoms with Crippen molar-refractivity contribution in [3.05, 3.63) is 77.5 Å². The average Bonchev–Trinajstić information content (AvgIpc) is 2.73. The highest BCUT2D eigenvalue weighted by molar-refractivity contribution is 6.06. The van der Waals surface area contributed by atoms with E-state index in [0.29, 0.717) is 24.2 Å². The van der Waals surface area contributed by atoms with E-state index >= 15 is 0 Å². The van der Waals surface area contributed by atoms with Crippen LogP contribution in [0.2, 0.25) is 0 Å². The Morgan fingerprint density at radius 3 is 2.43 bits per heavy atom. The minimum Gasteiger partial charge on any atom is -0.349 e. The fourth-order valence-corrected chi connectivity index (χ4v) is 3.74. The summed E-state index contributed by atoms with van der Waals surface area (Å²) in [5.74, 6) is -0.0179. The Kier molecular flexibility index (Phi) is 5.06. The second kappa shape index (κ2) is 7.80. The zero-order valence-electron chi connectivity index (χ0n) is 15.9. The van der Waals surface area contributed by atoms with Crippen LogP contribution < -0.4 is 5.32 Å². The molecule has 0 aliphatic carbocycles. The second-order valence-electron chi connectivity index (χ2n) is 7.23. The Morgan fingerprint density at radius 2 is 1.68 bits per heavy atom. The largest absolute Gasteiger partial charge is 0.349 e. The number of hydrogen-bond donors (Lipinski definition) is 1. The van der Waals surface area contributed by atoms with Gasteiger partial charge in [-0.2, -0.15) is 0 Å². The SMILES string of the molecule is Cc1cc(C(=O)N2CCC(NC(=O)c3ccccc3)CC2)c2ccccc2n1. The number of aromatic nitrogens is 1. The molecule has 1 saturated heterocycles. The van der Waals surface area contributed by atoms with Crippen LogP contribution in [-0.4, -0.2) is 40.8 Å². The monoisotopic (exact) mass is 373 g/mol. The first-order chi connectivity index (χ1) is 13.6. The predicted octanol–water partition coefficient (Wildman–Crippen LogP) is 3.58. The van der Waals surface area contributed by atoms with E-state index in [2.05, 4.69) is 10.3 Å². The molecule has 142 valence electrons. The minimum atomic E-state index is -0.0545. The van der Waals surface area contributed by atoms with E-state index in [1.807, 2.05) is 72.5 Å². The Hall–Kier alpha value is -3.21. The van der Waals surface area contributed by atoms with Crippen LogP contribution in [0, 0.1) is 6.92 Å². The molecule has 2 heterocycles. The van der Waals surface area contributed by atoms with E-state index in [0.717, 1.165) is 29.4 Å². The van der Waals surface area contributed by atoms with Gasteiger partial charge in [0.25, 0.3) is 11.8 Å². The summed E-state index contributed by atoms with van der Waals surface area (Å²) in [7, 11) is 0. The first-order valence-electron chi connectivity index (χ1n) is 9.63. The molecule has 1 aliphatic rings. The molecule has 2 amide bonds. The molecule has 0 bridgehead atoms. The summed E-state index contributed by atoms with van der Waals surface area (Å²) in [4.78, 5) is 31.9. The lowest BCUT2D eigenvalue weighted by Gasteiger charge is -2.32. The number of benzene rings is 2. The third-order valence-corrected chi connectivity index (χ3v) is 5.23. The van der Waals surface area contributed by atoms with Crippen LogP contribution >= 0.6 is 0 Å². The van der Waals surface area contributed by atoms with Crippen molar-refractivity contribution in [2.75, 3.05) is 13.1 Å². The molecule has 0 atom stereocenters. The van der Waals surface area contributed by atoms with Gasteiger partial charge in [-0.05, 0) is 44.0 Å². The molecular weight excluding hydrogens is 350 g/mol. The number of fused-ring (bicyclic) bond motifs is 1. The van der Waals surface area contributed by atoms with Crippen LogP contribution in [0.15, 0.2) is 60.7 Å². The van der Waals surface area contributed by atoms with Crippen LogP contribution in [0.3, 0.4) is 0 Å². The average molecular weight is 373 g/mol. The number of nitrogens with zero attached hydrogens (tertiary/aromatic N) is 2. The van der Waals surface area contributed by atoms with Gasteiger partial charge >= 0.3 is 0 Å². The zero-order chi connectivity index (χ0) is 19.5. The van der Waals surface area contributed by atoms with E-state index in [4.69, 9.17) is 0 Å². The fraction of sp³-hybridized carbons (Fsp3) is 0.261. The highest BCUT2D eigenvalue weighted by Gasteiger charge is 2.26. The third kappa shape index (κ3) is 3.74. The van der Waals surface area contributed by atoms with Crippen molar-refractivity contribution < 1.29 is 9.59 Å². The fourth-order valence-electron chi connectivity index (χ4n) is 3.74. The Morgan fingerprint density at radius 1 is 1.00 bits per heavy atom. The summed E-state index contributed by atoms with van der Waals surface area (Å²) >= 11 is 0. The summed E-state index contributed by atoms with van der Waals surface area (Å²) in [6.07, 6.45) is 1.51. The summed E-state index contributed by atoms with van der Waals surface area (Å²) in [6.45, 7) is 3.18. The molecule has 0 saturated carbocycles. The Labute approximate surface area is 164 Å². The maximum Gasteiger partial charge on any atom is 0.254 e. The van der Waals surface area contributed by atoms with E-state index in [1.54, 1.807) is 0 Å². The summed E-state index contributed by atoms with van der Waals surface area (Å²) in [5, 5.41) is 3.97. The molecule has 0 unspecified atom stereocenters. The lowest BCUT2D eigenvalue weighted by molar-refractivity contribution is 0.0700. The number of rotatable bonds is 3. The predicted molar refractivity (Wildman–Crippen MR) is 109 cm³/mol. The lowest BCUT2D eigenvalue weighted by atomic mass is 10.0. The lowest BCUT2D eigenvalue weighted by Crippen LogP contribution is -2.46. The van der Waals surface area contributed by atoms with Crippen molar-refractivity contribution >= 4 is 22.7 Å². The standard InChI is InChI=1S/C23H23N3O2/c1-16-15-20(19-9-5-6-10-21(19)24-16)23(28)26-13-11-18(12-14-26)25-22(27)17-7-3-2-4-8-17/h2-10,15,18H,11-14H2,1H3,(H,25,27). The number of carbonyl (C=O) groups excluding carboxylic acids is 2. The first-order valence-corrected chi connectivity index (χ1v) is 9.63. The quantitative estimate of drug-likeness (QED) is 0.763. The number of piperidine rings is 1. The molecule has 1 aliphatic heterocycles. The van der Waals surface area contributed by atoms with Gasteiger partial charge in [0, 0.05) is 35.8 Å². The van der Waals surface area contributed by atoms with Crippen molar-refractivity contribution in [3.63, 3.8) is 0 Å². The number of aryl methyl sites for hydroxylation is 1. The van der Waals surface area contributed by atoms with Gasteiger partial charge in [0.2, 0.25) is 0 Å². The summed E-state index contributed by atoms with van der Waals surface area (Å²) in [5.41, 5.74) is 3.05. The molecule has 4 rings (SSSR count). The molecule has 0 radical (unpaired) electrons. The zero-order valence-corrected chi connectivity index (χ0v) is 15.9. The van der Waals surface area contributed by atoms with Crippen LogP contribution in [0.5, 0.6) is 0 Å². The molecule has 1 aromatic heterocycles. The molecular formula is C23H23N3O2. The topological polar surface area (TPSA) is 62.3 Å².